The van der Waals surface area contributed by atoms with E-state index in [4.69, 9.17) is 14.2 Å². The molecule has 4 rings (SSSR count). The molecule has 0 saturated carbocycles. The number of aliphatic imine (C=N–C) groups is 1. The van der Waals surface area contributed by atoms with Crippen molar-refractivity contribution >= 4 is 34.8 Å². The van der Waals surface area contributed by atoms with E-state index < -0.39 is 11.9 Å². The lowest BCUT2D eigenvalue weighted by atomic mass is 10.1. The molecule has 3 aromatic rings. The molecule has 0 radical (unpaired) electrons. The zero-order chi connectivity index (χ0) is 28.6. The Morgan fingerprint density at radius 3 is 2.52 bits per heavy atom. The third-order valence-electron chi connectivity index (χ3n) is 5.88. The van der Waals surface area contributed by atoms with Crippen LogP contribution in [0, 0.1) is 18.3 Å². The Kier molecular flexibility index (Phi) is 9.04. The maximum atomic E-state index is 12.8. The van der Waals surface area contributed by atoms with Gasteiger partial charge in [-0.25, -0.2) is 9.79 Å². The number of ether oxygens (including phenoxy) is 3. The Morgan fingerprint density at radius 1 is 1.07 bits per heavy atom. The number of thioether (sulfide) groups is 1. The normalized spacial score (nSPS) is 14.8. The van der Waals surface area contributed by atoms with E-state index in [2.05, 4.69) is 11.1 Å². The highest BCUT2D eigenvalue weighted by molar-refractivity contribution is 8.18. The number of carbonyl (C=O) groups is 2. The molecule has 3 aromatic carbocycles. The van der Waals surface area contributed by atoms with Crippen LogP contribution in [0.3, 0.4) is 0 Å². The van der Waals surface area contributed by atoms with Crippen LogP contribution in [-0.2, 0) is 16.1 Å². The summed E-state index contributed by atoms with van der Waals surface area (Å²) in [5.41, 5.74) is 3.10. The average Bonchev–Trinajstić information content (AvgIpc) is 3.26. The van der Waals surface area contributed by atoms with Gasteiger partial charge in [0.15, 0.2) is 11.5 Å². The van der Waals surface area contributed by atoms with Crippen LogP contribution < -0.4 is 9.47 Å². The standard InChI is InChI=1S/C31H26N2O6S/c1-4-38-31(36)27-28(34)26(40-30(27)33-29(35)21-12-9-19(2)10-13-21)16-20-11-14-24(25(15-20)37-3)39-18-23-8-6-5-7-22(23)17-32/h5-16,34H,4,18H2,1-3H3/b26-16-,33-30?. The molecule has 0 atom stereocenters. The van der Waals surface area contributed by atoms with Gasteiger partial charge in [0.25, 0.3) is 5.91 Å². The van der Waals surface area contributed by atoms with Gasteiger partial charge in [0.2, 0.25) is 0 Å². The van der Waals surface area contributed by atoms with Gasteiger partial charge in [-0.05, 0) is 55.8 Å². The number of aliphatic hydroxyl groups is 1. The van der Waals surface area contributed by atoms with Crippen molar-refractivity contribution in [3.8, 4) is 17.6 Å². The minimum atomic E-state index is -0.773. The summed E-state index contributed by atoms with van der Waals surface area (Å²) in [6.07, 6.45) is 1.65. The molecule has 1 aliphatic heterocycles. The topological polar surface area (TPSA) is 118 Å². The highest BCUT2D eigenvalue weighted by atomic mass is 32.2. The number of amides is 1. The van der Waals surface area contributed by atoms with Crippen LogP contribution in [0.5, 0.6) is 11.5 Å². The Morgan fingerprint density at radius 2 is 1.82 bits per heavy atom. The van der Waals surface area contributed by atoms with E-state index in [9.17, 15) is 20.0 Å². The van der Waals surface area contributed by atoms with Crippen LogP contribution in [0.1, 0.15) is 39.5 Å². The van der Waals surface area contributed by atoms with Crippen LogP contribution in [0.25, 0.3) is 6.08 Å². The lowest BCUT2D eigenvalue weighted by molar-refractivity contribution is -0.138. The second-order valence-electron chi connectivity index (χ2n) is 8.61. The summed E-state index contributed by atoms with van der Waals surface area (Å²) < 4.78 is 16.5. The molecule has 1 heterocycles. The molecule has 1 amide bonds. The highest BCUT2D eigenvalue weighted by Gasteiger charge is 2.34. The van der Waals surface area contributed by atoms with Crippen molar-refractivity contribution in [1.29, 1.82) is 5.26 Å². The van der Waals surface area contributed by atoms with Crippen molar-refractivity contribution in [3.63, 3.8) is 0 Å². The van der Waals surface area contributed by atoms with Crippen molar-refractivity contribution < 1.29 is 28.9 Å². The fourth-order valence-corrected chi connectivity index (χ4v) is 4.81. The second kappa shape index (κ2) is 12.8. The summed E-state index contributed by atoms with van der Waals surface area (Å²) in [6.45, 7) is 3.83. The van der Waals surface area contributed by atoms with Crippen molar-refractivity contribution in [2.24, 2.45) is 4.99 Å². The molecule has 0 unspecified atom stereocenters. The number of hydrogen-bond acceptors (Lipinski definition) is 8. The first-order valence-corrected chi connectivity index (χ1v) is 13.2. The summed E-state index contributed by atoms with van der Waals surface area (Å²) in [6, 6.07) is 21.4. The highest BCUT2D eigenvalue weighted by Crippen LogP contribution is 2.40. The fourth-order valence-electron chi connectivity index (χ4n) is 3.80. The van der Waals surface area contributed by atoms with Gasteiger partial charge in [-0.2, -0.15) is 5.26 Å². The minimum Gasteiger partial charge on any atom is -0.506 e. The van der Waals surface area contributed by atoms with Crippen molar-refractivity contribution in [3.05, 3.63) is 111 Å². The zero-order valence-corrected chi connectivity index (χ0v) is 23.0. The number of nitriles is 1. The number of hydrogen-bond donors (Lipinski definition) is 1. The smallest absolute Gasteiger partial charge is 0.344 e. The summed E-state index contributed by atoms with van der Waals surface area (Å²) in [5, 5.41) is 20.3. The van der Waals surface area contributed by atoms with E-state index in [0.717, 1.165) is 22.9 Å². The van der Waals surface area contributed by atoms with E-state index in [1.54, 1.807) is 67.6 Å². The molecule has 0 bridgehead atoms. The van der Waals surface area contributed by atoms with Crippen LogP contribution in [0.15, 0.2) is 88.0 Å². The van der Waals surface area contributed by atoms with Crippen LogP contribution in [0.4, 0.5) is 0 Å². The van der Waals surface area contributed by atoms with Gasteiger partial charge in [0.1, 0.15) is 23.0 Å². The van der Waals surface area contributed by atoms with Gasteiger partial charge in [0, 0.05) is 11.1 Å². The molecule has 0 aliphatic carbocycles. The molecule has 0 spiro atoms. The summed E-state index contributed by atoms with van der Waals surface area (Å²) in [7, 11) is 1.50. The van der Waals surface area contributed by atoms with E-state index in [1.807, 2.05) is 19.1 Å². The van der Waals surface area contributed by atoms with Gasteiger partial charge >= 0.3 is 5.97 Å². The van der Waals surface area contributed by atoms with E-state index in [1.165, 1.54) is 7.11 Å². The Hall–Kier alpha value is -4.81. The largest absolute Gasteiger partial charge is 0.506 e. The molecule has 9 heteroatoms. The zero-order valence-electron chi connectivity index (χ0n) is 22.1. The average molecular weight is 555 g/mol. The molecule has 0 fully saturated rings. The third kappa shape index (κ3) is 6.42. The summed E-state index contributed by atoms with van der Waals surface area (Å²) >= 11 is 0.994. The number of nitrogens with zero attached hydrogens (tertiary/aromatic N) is 2. The summed E-state index contributed by atoms with van der Waals surface area (Å²) in [5.74, 6) is -0.741. The molecule has 8 nitrogen and oxygen atoms in total. The molecule has 0 aromatic heterocycles. The maximum absolute atomic E-state index is 12.8. The molecule has 0 saturated heterocycles. The molecule has 202 valence electrons. The molecule has 1 N–H and O–H groups in total. The van der Waals surface area contributed by atoms with E-state index in [-0.39, 0.29) is 29.6 Å². The third-order valence-corrected chi connectivity index (χ3v) is 6.90. The first kappa shape index (κ1) is 28.2. The number of esters is 1. The van der Waals surface area contributed by atoms with E-state index in [0.29, 0.717) is 33.1 Å². The van der Waals surface area contributed by atoms with Crippen LogP contribution in [0.2, 0.25) is 0 Å². The van der Waals surface area contributed by atoms with Gasteiger partial charge in [-0.15, -0.1) is 0 Å². The monoisotopic (exact) mass is 554 g/mol. The van der Waals surface area contributed by atoms with Crippen LogP contribution >= 0.6 is 11.8 Å². The van der Waals surface area contributed by atoms with Gasteiger partial charge < -0.3 is 19.3 Å². The molecular formula is C31H26N2O6S. The molecule has 40 heavy (non-hydrogen) atoms. The van der Waals surface area contributed by atoms with Crippen molar-refractivity contribution in [2.45, 2.75) is 20.5 Å². The number of benzene rings is 3. The summed E-state index contributed by atoms with van der Waals surface area (Å²) in [4.78, 5) is 29.9. The van der Waals surface area contributed by atoms with Crippen LogP contribution in [-0.4, -0.2) is 35.7 Å². The quantitative estimate of drug-likeness (QED) is 0.329. The van der Waals surface area contributed by atoms with Crippen molar-refractivity contribution in [2.75, 3.05) is 13.7 Å². The lowest BCUT2D eigenvalue weighted by Gasteiger charge is -2.12. The minimum absolute atomic E-state index is 0.0517. The lowest BCUT2D eigenvalue weighted by Crippen LogP contribution is -2.14. The Bertz CT molecular complexity index is 1580. The molecular weight excluding hydrogens is 528 g/mol. The Labute approximate surface area is 236 Å². The van der Waals surface area contributed by atoms with Gasteiger partial charge in [-0.1, -0.05) is 53.7 Å². The maximum Gasteiger partial charge on any atom is 0.344 e. The number of carbonyl (C=O) groups excluding carboxylic acids is 2. The Balaban J connectivity index is 1.62. The predicted octanol–water partition coefficient (Wildman–Crippen LogP) is 6.16. The van der Waals surface area contributed by atoms with Gasteiger partial charge in [0.05, 0.1) is 30.3 Å². The predicted molar refractivity (Wildman–Crippen MR) is 153 cm³/mol. The van der Waals surface area contributed by atoms with Gasteiger partial charge in [-0.3, -0.25) is 4.79 Å². The number of aryl methyl sites for hydroxylation is 1. The van der Waals surface area contributed by atoms with Crippen molar-refractivity contribution in [1.82, 2.24) is 0 Å². The number of methoxy groups -OCH3 is 1. The first-order chi connectivity index (χ1) is 19.3. The number of rotatable bonds is 8. The second-order valence-corrected chi connectivity index (χ2v) is 9.64. The SMILES string of the molecule is CCOC(=O)C1=C(O)/C(=C/c2ccc(OCc3ccccc3C#N)c(OC)c2)SC1=NC(=O)c1ccc(C)cc1. The number of aliphatic hydroxyl groups excluding tert-OH is 1. The fraction of sp³-hybridized carbons (Fsp3) is 0.161. The first-order valence-electron chi connectivity index (χ1n) is 12.3. The van der Waals surface area contributed by atoms with E-state index >= 15 is 0 Å². The molecule has 1 aliphatic rings.